The molecular formula is C16H23N3O2. The second-order valence-electron chi connectivity index (χ2n) is 5.50. The van der Waals surface area contributed by atoms with Crippen LogP contribution in [-0.2, 0) is 6.54 Å². The Morgan fingerprint density at radius 3 is 2.19 bits per heavy atom. The number of nitrogen functional groups attached to an aromatic ring is 1. The molecule has 0 unspecified atom stereocenters. The van der Waals surface area contributed by atoms with E-state index in [1.807, 2.05) is 29.7 Å². The first kappa shape index (κ1) is 15.2. The van der Waals surface area contributed by atoms with Gasteiger partial charge in [-0.25, -0.2) is 4.98 Å². The van der Waals surface area contributed by atoms with Crippen LogP contribution in [0, 0.1) is 12.8 Å². The standard InChI is InChI=1S/C16H23N3O2/c1-10(2)9-19-11(3)18-15(16(19)17)12-6-13(20-4)8-14(7-12)21-5/h6-8,10H,9,17H2,1-5H3. The molecule has 114 valence electrons. The molecule has 0 saturated carbocycles. The monoisotopic (exact) mass is 289 g/mol. The molecule has 2 rings (SSSR count). The molecule has 0 radical (unpaired) electrons. The first-order valence-corrected chi connectivity index (χ1v) is 7.02. The van der Waals surface area contributed by atoms with Crippen LogP contribution in [0.1, 0.15) is 19.7 Å². The predicted octanol–water partition coefficient (Wildman–Crippen LogP) is 3.11. The van der Waals surface area contributed by atoms with Crippen molar-refractivity contribution in [2.24, 2.45) is 5.92 Å². The molecule has 0 saturated heterocycles. The van der Waals surface area contributed by atoms with Gasteiger partial charge in [0.2, 0.25) is 0 Å². The van der Waals surface area contributed by atoms with Gasteiger partial charge in [-0.2, -0.15) is 0 Å². The topological polar surface area (TPSA) is 62.3 Å². The highest BCUT2D eigenvalue weighted by molar-refractivity contribution is 5.73. The largest absolute Gasteiger partial charge is 0.497 e. The second kappa shape index (κ2) is 6.08. The molecule has 0 aliphatic rings. The summed E-state index contributed by atoms with van der Waals surface area (Å²) in [5, 5.41) is 0. The molecule has 0 aliphatic carbocycles. The normalized spacial score (nSPS) is 11.0. The Bertz CT molecular complexity index is 610. The van der Waals surface area contributed by atoms with Crippen LogP contribution in [0.3, 0.4) is 0 Å². The Morgan fingerprint density at radius 2 is 1.71 bits per heavy atom. The fourth-order valence-electron chi connectivity index (χ4n) is 2.33. The minimum Gasteiger partial charge on any atom is -0.497 e. The summed E-state index contributed by atoms with van der Waals surface area (Å²) in [5.41, 5.74) is 7.95. The number of imidazole rings is 1. The van der Waals surface area contributed by atoms with E-state index in [9.17, 15) is 0 Å². The van der Waals surface area contributed by atoms with E-state index in [0.29, 0.717) is 11.7 Å². The number of aromatic nitrogens is 2. The van der Waals surface area contributed by atoms with Gasteiger partial charge in [-0.15, -0.1) is 0 Å². The van der Waals surface area contributed by atoms with E-state index < -0.39 is 0 Å². The summed E-state index contributed by atoms with van der Waals surface area (Å²) < 4.78 is 12.7. The van der Waals surface area contributed by atoms with E-state index in [0.717, 1.165) is 35.1 Å². The average Bonchev–Trinajstić information content (AvgIpc) is 2.74. The highest BCUT2D eigenvalue weighted by atomic mass is 16.5. The zero-order chi connectivity index (χ0) is 15.6. The maximum absolute atomic E-state index is 6.29. The molecule has 5 heteroatoms. The number of anilines is 1. The Morgan fingerprint density at radius 1 is 1.14 bits per heavy atom. The first-order chi connectivity index (χ1) is 9.96. The molecule has 1 aromatic carbocycles. The van der Waals surface area contributed by atoms with Crippen LogP contribution in [0.25, 0.3) is 11.3 Å². The lowest BCUT2D eigenvalue weighted by Crippen LogP contribution is -2.09. The Kier molecular flexibility index (Phi) is 4.40. The van der Waals surface area contributed by atoms with Crippen molar-refractivity contribution < 1.29 is 9.47 Å². The fraction of sp³-hybridized carbons (Fsp3) is 0.438. The maximum atomic E-state index is 6.29. The van der Waals surface area contributed by atoms with E-state index >= 15 is 0 Å². The van der Waals surface area contributed by atoms with Crippen LogP contribution >= 0.6 is 0 Å². The molecule has 0 aliphatic heterocycles. The zero-order valence-electron chi connectivity index (χ0n) is 13.3. The molecule has 0 fully saturated rings. The molecule has 1 aromatic heterocycles. The molecule has 1 heterocycles. The molecule has 5 nitrogen and oxygen atoms in total. The van der Waals surface area contributed by atoms with E-state index in [4.69, 9.17) is 15.2 Å². The van der Waals surface area contributed by atoms with Gasteiger partial charge in [0.1, 0.15) is 28.8 Å². The summed E-state index contributed by atoms with van der Waals surface area (Å²) in [6.07, 6.45) is 0. The van der Waals surface area contributed by atoms with Crippen molar-refractivity contribution in [1.29, 1.82) is 0 Å². The first-order valence-electron chi connectivity index (χ1n) is 7.02. The molecule has 2 aromatic rings. The minimum absolute atomic E-state index is 0.507. The van der Waals surface area contributed by atoms with E-state index in [1.165, 1.54) is 0 Å². The third-order valence-electron chi connectivity index (χ3n) is 3.37. The van der Waals surface area contributed by atoms with Gasteiger partial charge >= 0.3 is 0 Å². The van der Waals surface area contributed by atoms with Crippen LogP contribution in [-0.4, -0.2) is 23.8 Å². The quantitative estimate of drug-likeness (QED) is 0.918. The van der Waals surface area contributed by atoms with Gasteiger partial charge in [0.05, 0.1) is 14.2 Å². The van der Waals surface area contributed by atoms with Crippen molar-refractivity contribution in [3.05, 3.63) is 24.0 Å². The number of aryl methyl sites for hydroxylation is 1. The van der Waals surface area contributed by atoms with Crippen LogP contribution < -0.4 is 15.2 Å². The Labute approximate surface area is 125 Å². The Hall–Kier alpha value is -2.17. The highest BCUT2D eigenvalue weighted by Gasteiger charge is 2.16. The third kappa shape index (κ3) is 3.12. The van der Waals surface area contributed by atoms with E-state index in [2.05, 4.69) is 18.8 Å². The summed E-state index contributed by atoms with van der Waals surface area (Å²) >= 11 is 0. The van der Waals surface area contributed by atoms with Gasteiger partial charge in [-0.3, -0.25) is 0 Å². The number of hydrogen-bond acceptors (Lipinski definition) is 4. The SMILES string of the molecule is COc1cc(OC)cc(-c2nc(C)n(CC(C)C)c2N)c1. The summed E-state index contributed by atoms with van der Waals surface area (Å²) in [6.45, 7) is 7.14. The van der Waals surface area contributed by atoms with Gasteiger partial charge in [0, 0.05) is 18.2 Å². The molecule has 2 N–H and O–H groups in total. The highest BCUT2D eigenvalue weighted by Crippen LogP contribution is 2.33. The van der Waals surface area contributed by atoms with Crippen molar-refractivity contribution in [3.8, 4) is 22.8 Å². The van der Waals surface area contributed by atoms with Crippen molar-refractivity contribution in [3.63, 3.8) is 0 Å². The van der Waals surface area contributed by atoms with Crippen molar-refractivity contribution in [2.45, 2.75) is 27.3 Å². The summed E-state index contributed by atoms with van der Waals surface area (Å²) in [4.78, 5) is 4.61. The lowest BCUT2D eigenvalue weighted by atomic mass is 10.1. The zero-order valence-corrected chi connectivity index (χ0v) is 13.3. The minimum atomic E-state index is 0.507. The number of nitrogens with zero attached hydrogens (tertiary/aromatic N) is 2. The molecule has 21 heavy (non-hydrogen) atoms. The number of ether oxygens (including phenoxy) is 2. The second-order valence-corrected chi connectivity index (χ2v) is 5.50. The summed E-state index contributed by atoms with van der Waals surface area (Å²) in [7, 11) is 3.26. The smallest absolute Gasteiger partial charge is 0.131 e. The molecule has 0 bridgehead atoms. The van der Waals surface area contributed by atoms with Gasteiger partial charge < -0.3 is 19.8 Å². The van der Waals surface area contributed by atoms with Crippen molar-refractivity contribution in [2.75, 3.05) is 20.0 Å². The van der Waals surface area contributed by atoms with Crippen LogP contribution in [0.15, 0.2) is 18.2 Å². The van der Waals surface area contributed by atoms with Gasteiger partial charge in [0.15, 0.2) is 0 Å². The lowest BCUT2D eigenvalue weighted by molar-refractivity contribution is 0.394. The fourth-order valence-corrected chi connectivity index (χ4v) is 2.33. The number of methoxy groups -OCH3 is 2. The molecular weight excluding hydrogens is 266 g/mol. The maximum Gasteiger partial charge on any atom is 0.131 e. The summed E-state index contributed by atoms with van der Waals surface area (Å²) in [5.74, 6) is 3.54. The predicted molar refractivity (Wildman–Crippen MR) is 84.8 cm³/mol. The van der Waals surface area contributed by atoms with Crippen LogP contribution in [0.5, 0.6) is 11.5 Å². The molecule has 0 amide bonds. The van der Waals surface area contributed by atoms with E-state index in [-0.39, 0.29) is 0 Å². The molecule has 0 spiro atoms. The van der Waals surface area contributed by atoms with Gasteiger partial charge in [-0.05, 0) is 25.0 Å². The van der Waals surface area contributed by atoms with Gasteiger partial charge in [-0.1, -0.05) is 13.8 Å². The van der Waals surface area contributed by atoms with Crippen molar-refractivity contribution in [1.82, 2.24) is 9.55 Å². The van der Waals surface area contributed by atoms with Crippen LogP contribution in [0.2, 0.25) is 0 Å². The summed E-state index contributed by atoms with van der Waals surface area (Å²) in [6, 6.07) is 5.67. The van der Waals surface area contributed by atoms with Crippen LogP contribution in [0.4, 0.5) is 5.82 Å². The Balaban J connectivity index is 2.51. The number of rotatable bonds is 5. The van der Waals surface area contributed by atoms with Gasteiger partial charge in [0.25, 0.3) is 0 Å². The molecule has 0 atom stereocenters. The third-order valence-corrected chi connectivity index (χ3v) is 3.37. The van der Waals surface area contributed by atoms with E-state index in [1.54, 1.807) is 14.2 Å². The average molecular weight is 289 g/mol. The lowest BCUT2D eigenvalue weighted by Gasteiger charge is -2.11. The number of nitrogens with two attached hydrogens (primary N) is 1. The number of benzene rings is 1. The number of hydrogen-bond donors (Lipinski definition) is 1. The van der Waals surface area contributed by atoms with Crippen molar-refractivity contribution >= 4 is 5.82 Å².